The van der Waals surface area contributed by atoms with E-state index in [2.05, 4.69) is 26.0 Å². The van der Waals surface area contributed by atoms with Crippen molar-refractivity contribution in [3.63, 3.8) is 0 Å². The number of hydrogen-bond acceptors (Lipinski definition) is 6. The van der Waals surface area contributed by atoms with Gasteiger partial charge >= 0.3 is 5.97 Å². The number of amides is 2. The predicted molar refractivity (Wildman–Crippen MR) is 114 cm³/mol. The van der Waals surface area contributed by atoms with E-state index in [0.717, 1.165) is 4.90 Å². The lowest BCUT2D eigenvalue weighted by atomic mass is 10.1. The van der Waals surface area contributed by atoms with Crippen LogP contribution in [-0.4, -0.2) is 36.6 Å². The SMILES string of the molecule is COC(=O)COc1ccc(/C=C2/C(=O)NC(=S)N(c3ccc(F)cc3)C2=O)cc1Br. The van der Waals surface area contributed by atoms with Crippen LogP contribution in [0.3, 0.4) is 0 Å². The molecular formula is C20H14BrFN2O5S. The molecule has 0 aromatic heterocycles. The van der Waals surface area contributed by atoms with Gasteiger partial charge in [-0.15, -0.1) is 0 Å². The molecule has 1 aliphatic heterocycles. The van der Waals surface area contributed by atoms with E-state index < -0.39 is 23.6 Å². The molecule has 1 saturated heterocycles. The van der Waals surface area contributed by atoms with Crippen molar-refractivity contribution in [1.82, 2.24) is 5.32 Å². The molecule has 10 heteroatoms. The molecule has 0 aliphatic carbocycles. The largest absolute Gasteiger partial charge is 0.481 e. The number of ether oxygens (including phenoxy) is 2. The number of carbonyl (C=O) groups is 3. The second-order valence-electron chi connectivity index (χ2n) is 5.99. The molecular weight excluding hydrogens is 479 g/mol. The number of anilines is 1. The monoisotopic (exact) mass is 492 g/mol. The molecule has 154 valence electrons. The maximum atomic E-state index is 13.2. The molecule has 1 aliphatic rings. The Morgan fingerprint density at radius 2 is 1.93 bits per heavy atom. The van der Waals surface area contributed by atoms with Crippen molar-refractivity contribution in [2.75, 3.05) is 18.6 Å². The van der Waals surface area contributed by atoms with Crippen LogP contribution in [0, 0.1) is 5.82 Å². The molecule has 2 amide bonds. The van der Waals surface area contributed by atoms with Gasteiger partial charge in [0.1, 0.15) is 17.1 Å². The fourth-order valence-corrected chi connectivity index (χ4v) is 3.36. The van der Waals surface area contributed by atoms with Crippen molar-refractivity contribution >= 4 is 62.8 Å². The van der Waals surface area contributed by atoms with Crippen molar-refractivity contribution in [3.05, 3.63) is 63.9 Å². The average Bonchev–Trinajstić information content (AvgIpc) is 2.71. The molecule has 30 heavy (non-hydrogen) atoms. The number of thiocarbonyl (C=S) groups is 1. The Labute approximate surface area is 184 Å². The molecule has 0 saturated carbocycles. The molecule has 0 spiro atoms. The lowest BCUT2D eigenvalue weighted by Gasteiger charge is -2.28. The topological polar surface area (TPSA) is 84.9 Å². The molecule has 0 bridgehead atoms. The van der Waals surface area contributed by atoms with Crippen LogP contribution in [0.1, 0.15) is 5.56 Å². The number of carbonyl (C=O) groups excluding carboxylic acids is 3. The lowest BCUT2D eigenvalue weighted by Crippen LogP contribution is -2.54. The van der Waals surface area contributed by atoms with Gasteiger partial charge in [0, 0.05) is 0 Å². The number of nitrogens with zero attached hydrogens (tertiary/aromatic N) is 1. The molecule has 1 N–H and O–H groups in total. The highest BCUT2D eigenvalue weighted by molar-refractivity contribution is 9.10. The van der Waals surface area contributed by atoms with Crippen molar-refractivity contribution in [2.45, 2.75) is 0 Å². The van der Waals surface area contributed by atoms with E-state index in [0.29, 0.717) is 21.5 Å². The molecule has 2 aromatic rings. The fourth-order valence-electron chi connectivity index (χ4n) is 2.57. The third-order valence-electron chi connectivity index (χ3n) is 4.03. The van der Waals surface area contributed by atoms with Crippen LogP contribution in [0.2, 0.25) is 0 Å². The zero-order valence-corrected chi connectivity index (χ0v) is 17.9. The lowest BCUT2D eigenvalue weighted by molar-refractivity contribution is -0.143. The Morgan fingerprint density at radius 1 is 1.23 bits per heavy atom. The molecule has 0 unspecified atom stereocenters. The molecule has 1 fully saturated rings. The van der Waals surface area contributed by atoms with Crippen LogP contribution < -0.4 is 15.0 Å². The fraction of sp³-hybridized carbons (Fsp3) is 0.100. The normalized spacial score (nSPS) is 15.2. The summed E-state index contributed by atoms with van der Waals surface area (Å²) in [6.45, 7) is -0.263. The van der Waals surface area contributed by atoms with Crippen LogP contribution in [0.15, 0.2) is 52.5 Å². The van der Waals surface area contributed by atoms with Crippen LogP contribution in [0.4, 0.5) is 10.1 Å². The van der Waals surface area contributed by atoms with Crippen LogP contribution in [-0.2, 0) is 19.1 Å². The summed E-state index contributed by atoms with van der Waals surface area (Å²) in [5, 5.41) is 2.36. The van der Waals surface area contributed by atoms with Crippen molar-refractivity contribution < 1.29 is 28.2 Å². The third-order valence-corrected chi connectivity index (χ3v) is 4.93. The number of benzene rings is 2. The minimum Gasteiger partial charge on any atom is -0.481 e. The molecule has 3 rings (SSSR count). The number of methoxy groups -OCH3 is 1. The standard InChI is InChI=1S/C20H14BrFN2O5S/c1-28-17(25)10-29-16-7-2-11(9-15(16)21)8-14-18(26)23-20(30)24(19(14)27)13-5-3-12(22)4-6-13/h2-9H,10H2,1H3,(H,23,26,30)/b14-8-. The maximum absolute atomic E-state index is 13.2. The number of rotatable bonds is 5. The van der Waals surface area contributed by atoms with Gasteiger partial charge in [0.15, 0.2) is 11.7 Å². The van der Waals surface area contributed by atoms with Gasteiger partial charge in [0.2, 0.25) is 0 Å². The Kier molecular flexibility index (Phi) is 6.58. The number of halogens is 2. The van der Waals surface area contributed by atoms with Crippen molar-refractivity contribution in [1.29, 1.82) is 0 Å². The molecule has 7 nitrogen and oxygen atoms in total. The second-order valence-corrected chi connectivity index (χ2v) is 7.23. The van der Waals surface area contributed by atoms with Gasteiger partial charge in [0.05, 0.1) is 17.3 Å². The van der Waals surface area contributed by atoms with Crippen molar-refractivity contribution in [2.24, 2.45) is 0 Å². The summed E-state index contributed by atoms with van der Waals surface area (Å²) < 4.78 is 23.6. The highest BCUT2D eigenvalue weighted by Crippen LogP contribution is 2.28. The van der Waals surface area contributed by atoms with Gasteiger partial charge in [-0.2, -0.15) is 0 Å². The van der Waals surface area contributed by atoms with E-state index in [1.165, 1.54) is 37.5 Å². The third kappa shape index (κ3) is 4.71. The summed E-state index contributed by atoms with van der Waals surface area (Å²) in [5.41, 5.74) is 0.700. The average molecular weight is 493 g/mol. The molecule has 0 atom stereocenters. The molecule has 2 aromatic carbocycles. The Balaban J connectivity index is 1.88. The van der Waals surface area contributed by atoms with Gasteiger partial charge < -0.3 is 9.47 Å². The first kappa shape index (κ1) is 21.6. The Morgan fingerprint density at radius 3 is 2.57 bits per heavy atom. The first-order chi connectivity index (χ1) is 14.3. The Bertz CT molecular complexity index is 1070. The Hall–Kier alpha value is -3.11. The molecule has 0 radical (unpaired) electrons. The van der Waals surface area contributed by atoms with Crippen molar-refractivity contribution in [3.8, 4) is 5.75 Å². The summed E-state index contributed by atoms with van der Waals surface area (Å²) in [7, 11) is 1.25. The first-order valence-corrected chi connectivity index (χ1v) is 9.66. The highest BCUT2D eigenvalue weighted by Gasteiger charge is 2.34. The minimum absolute atomic E-state index is 0.0958. The second kappa shape index (κ2) is 9.14. The van der Waals surface area contributed by atoms with Gasteiger partial charge in [-0.05, 0) is 76.2 Å². The smallest absolute Gasteiger partial charge is 0.343 e. The maximum Gasteiger partial charge on any atom is 0.343 e. The van der Waals surface area contributed by atoms with Gasteiger partial charge in [-0.3, -0.25) is 19.8 Å². The first-order valence-electron chi connectivity index (χ1n) is 8.46. The van der Waals surface area contributed by atoms with Gasteiger partial charge in [0.25, 0.3) is 11.8 Å². The van der Waals surface area contributed by atoms with Gasteiger partial charge in [-0.25, -0.2) is 9.18 Å². The number of nitrogens with one attached hydrogen (secondary N) is 1. The summed E-state index contributed by atoms with van der Waals surface area (Å²) in [4.78, 5) is 37.6. The molecule has 1 heterocycles. The number of esters is 1. The summed E-state index contributed by atoms with van der Waals surface area (Å²) in [6.07, 6.45) is 1.39. The minimum atomic E-state index is -0.648. The summed E-state index contributed by atoms with van der Waals surface area (Å²) >= 11 is 8.42. The summed E-state index contributed by atoms with van der Waals surface area (Å²) in [5.74, 6) is -1.90. The number of hydrogen-bond donors (Lipinski definition) is 1. The van der Waals surface area contributed by atoms with Crippen LogP contribution in [0.25, 0.3) is 6.08 Å². The zero-order valence-electron chi connectivity index (χ0n) is 15.5. The van der Waals surface area contributed by atoms with E-state index >= 15 is 0 Å². The summed E-state index contributed by atoms with van der Waals surface area (Å²) in [6, 6.07) is 9.96. The van der Waals surface area contributed by atoms with Gasteiger partial charge in [-0.1, -0.05) is 6.07 Å². The van der Waals surface area contributed by atoms with Crippen LogP contribution >= 0.6 is 28.1 Å². The quantitative estimate of drug-likeness (QED) is 0.299. The predicted octanol–water partition coefficient (Wildman–Crippen LogP) is 2.97. The van der Waals surface area contributed by atoms with Crippen LogP contribution in [0.5, 0.6) is 5.75 Å². The zero-order chi connectivity index (χ0) is 21.8. The highest BCUT2D eigenvalue weighted by atomic mass is 79.9. The van der Waals surface area contributed by atoms with E-state index in [9.17, 15) is 18.8 Å². The van der Waals surface area contributed by atoms with E-state index in [1.807, 2.05) is 0 Å². The van der Waals surface area contributed by atoms with E-state index in [4.69, 9.17) is 17.0 Å². The van der Waals surface area contributed by atoms with E-state index in [-0.39, 0.29) is 17.3 Å². The van der Waals surface area contributed by atoms with E-state index in [1.54, 1.807) is 18.2 Å².